The normalized spacial score (nSPS) is 13.5. The third-order valence-corrected chi connectivity index (χ3v) is 3.48. The second-order valence-corrected chi connectivity index (χ2v) is 6.03. The highest BCUT2D eigenvalue weighted by atomic mass is 35.5. The number of nitrogens with one attached hydrogen (secondary N) is 2. The fraction of sp³-hybridized carbons (Fsp3) is 0.692. The number of aromatic nitrogens is 2. The summed E-state index contributed by atoms with van der Waals surface area (Å²) < 4.78 is 0. The number of rotatable bonds is 6. The van der Waals surface area contributed by atoms with Gasteiger partial charge < -0.3 is 15.7 Å². The van der Waals surface area contributed by atoms with Gasteiger partial charge in [0.1, 0.15) is 12.0 Å². The summed E-state index contributed by atoms with van der Waals surface area (Å²) in [5, 5.41) is 16.8. The predicted molar refractivity (Wildman–Crippen MR) is 79.7 cm³/mol. The molecule has 0 bridgehead atoms. The van der Waals surface area contributed by atoms with Gasteiger partial charge in [-0.3, -0.25) is 0 Å². The van der Waals surface area contributed by atoms with Crippen LogP contribution in [-0.4, -0.2) is 34.8 Å². The zero-order chi connectivity index (χ0) is 14.6. The number of anilines is 2. The van der Waals surface area contributed by atoms with Crippen LogP contribution < -0.4 is 10.6 Å². The van der Waals surface area contributed by atoms with E-state index in [1.165, 1.54) is 6.33 Å². The molecule has 0 spiro atoms. The first-order valence-corrected chi connectivity index (χ1v) is 6.77. The van der Waals surface area contributed by atoms with Crippen molar-refractivity contribution in [2.75, 3.05) is 24.2 Å². The van der Waals surface area contributed by atoms with Gasteiger partial charge in [-0.05, 0) is 5.92 Å². The van der Waals surface area contributed by atoms with Crippen molar-refractivity contribution in [3.63, 3.8) is 0 Å². The minimum Gasteiger partial charge on any atom is -0.392 e. The Morgan fingerprint density at radius 2 is 2.00 bits per heavy atom. The van der Waals surface area contributed by atoms with Crippen molar-refractivity contribution < 1.29 is 5.11 Å². The maximum absolute atomic E-state index is 10.2. The highest BCUT2D eigenvalue weighted by Gasteiger charge is 2.30. The lowest BCUT2D eigenvalue weighted by molar-refractivity contribution is 0.0210. The molecule has 0 aliphatic heterocycles. The molecule has 5 nitrogen and oxygen atoms in total. The Bertz CT molecular complexity index is 423. The van der Waals surface area contributed by atoms with Crippen LogP contribution in [0.15, 0.2) is 6.33 Å². The van der Waals surface area contributed by atoms with Crippen LogP contribution in [0.2, 0.25) is 5.15 Å². The molecule has 1 rings (SSSR count). The number of nitrogens with zero attached hydrogens (tertiary/aromatic N) is 2. The van der Waals surface area contributed by atoms with E-state index in [0.717, 1.165) is 0 Å². The molecule has 1 aromatic rings. The maximum atomic E-state index is 10.2. The van der Waals surface area contributed by atoms with Crippen molar-refractivity contribution in [1.29, 1.82) is 0 Å². The molecule has 6 heteroatoms. The van der Waals surface area contributed by atoms with E-state index in [2.05, 4.69) is 20.6 Å². The average molecular weight is 287 g/mol. The summed E-state index contributed by atoms with van der Waals surface area (Å²) >= 11 is 5.99. The summed E-state index contributed by atoms with van der Waals surface area (Å²) in [5.74, 6) is 0.848. The van der Waals surface area contributed by atoms with E-state index in [0.29, 0.717) is 23.2 Å². The molecule has 1 atom stereocenters. The van der Waals surface area contributed by atoms with Gasteiger partial charge in [-0.15, -0.1) is 0 Å². The van der Waals surface area contributed by atoms with Crippen LogP contribution in [0.4, 0.5) is 11.5 Å². The first-order chi connectivity index (χ1) is 8.79. The zero-order valence-electron chi connectivity index (χ0n) is 12.2. The average Bonchev–Trinajstić information content (AvgIpc) is 2.35. The smallest absolute Gasteiger partial charge is 0.157 e. The van der Waals surface area contributed by atoms with E-state index in [1.807, 2.05) is 27.7 Å². The molecule has 19 heavy (non-hydrogen) atoms. The summed E-state index contributed by atoms with van der Waals surface area (Å²) in [5.41, 5.74) is 0.398. The topological polar surface area (TPSA) is 70.1 Å². The molecule has 0 radical (unpaired) electrons. The third kappa shape index (κ3) is 3.94. The number of hydrogen-bond donors (Lipinski definition) is 3. The van der Waals surface area contributed by atoms with Crippen LogP contribution in [0.25, 0.3) is 0 Å². The van der Waals surface area contributed by atoms with Crippen molar-refractivity contribution >= 4 is 23.1 Å². The molecule has 0 fully saturated rings. The number of halogens is 1. The first-order valence-electron chi connectivity index (χ1n) is 6.39. The largest absolute Gasteiger partial charge is 0.392 e. The minimum atomic E-state index is -0.393. The van der Waals surface area contributed by atoms with E-state index in [-0.39, 0.29) is 11.3 Å². The van der Waals surface area contributed by atoms with Gasteiger partial charge in [0.25, 0.3) is 0 Å². The van der Waals surface area contributed by atoms with Gasteiger partial charge >= 0.3 is 0 Å². The molecule has 0 saturated heterocycles. The lowest BCUT2D eigenvalue weighted by atomic mass is 9.81. The van der Waals surface area contributed by atoms with Crippen molar-refractivity contribution in [3.8, 4) is 0 Å². The second-order valence-electron chi connectivity index (χ2n) is 5.67. The van der Waals surface area contributed by atoms with E-state index < -0.39 is 6.10 Å². The van der Waals surface area contributed by atoms with Gasteiger partial charge in [0, 0.05) is 19.0 Å². The Labute approximate surface area is 119 Å². The van der Waals surface area contributed by atoms with E-state index in [9.17, 15) is 5.11 Å². The molecular weight excluding hydrogens is 264 g/mol. The number of aliphatic hydroxyl groups excluding tert-OH is 1. The summed E-state index contributed by atoms with van der Waals surface area (Å²) in [7, 11) is 1.77. The van der Waals surface area contributed by atoms with E-state index in [1.54, 1.807) is 7.05 Å². The Morgan fingerprint density at radius 3 is 2.53 bits per heavy atom. The fourth-order valence-corrected chi connectivity index (χ4v) is 2.27. The summed E-state index contributed by atoms with van der Waals surface area (Å²) in [6.45, 7) is 8.65. The summed E-state index contributed by atoms with van der Waals surface area (Å²) in [6, 6.07) is 0. The second kappa shape index (κ2) is 6.39. The Morgan fingerprint density at radius 1 is 1.37 bits per heavy atom. The monoisotopic (exact) mass is 286 g/mol. The fourth-order valence-electron chi connectivity index (χ4n) is 2.04. The molecule has 0 aromatic carbocycles. The Balaban J connectivity index is 2.79. The van der Waals surface area contributed by atoms with Gasteiger partial charge in [-0.2, -0.15) is 0 Å². The van der Waals surface area contributed by atoms with Crippen LogP contribution in [0, 0.1) is 11.3 Å². The van der Waals surface area contributed by atoms with Gasteiger partial charge in [0.05, 0.1) is 6.10 Å². The van der Waals surface area contributed by atoms with Gasteiger partial charge in [-0.1, -0.05) is 39.3 Å². The SMILES string of the molecule is CNc1c(Cl)ncnc1NCC(C)(C)C(O)C(C)C. The molecule has 3 N–H and O–H groups in total. The van der Waals surface area contributed by atoms with Gasteiger partial charge in [0.15, 0.2) is 11.0 Å². The van der Waals surface area contributed by atoms with Crippen LogP contribution in [0.1, 0.15) is 27.7 Å². The number of hydrogen-bond acceptors (Lipinski definition) is 5. The predicted octanol–water partition coefficient (Wildman–Crippen LogP) is 2.63. The molecule has 108 valence electrons. The quantitative estimate of drug-likeness (QED) is 0.701. The van der Waals surface area contributed by atoms with Crippen LogP contribution in [-0.2, 0) is 0 Å². The Hall–Kier alpha value is -1.07. The molecule has 0 aliphatic carbocycles. The maximum Gasteiger partial charge on any atom is 0.157 e. The van der Waals surface area contributed by atoms with E-state index in [4.69, 9.17) is 11.6 Å². The molecule has 1 heterocycles. The van der Waals surface area contributed by atoms with Crippen LogP contribution in [0.5, 0.6) is 0 Å². The van der Waals surface area contributed by atoms with Crippen LogP contribution in [0.3, 0.4) is 0 Å². The van der Waals surface area contributed by atoms with Crippen LogP contribution >= 0.6 is 11.6 Å². The van der Waals surface area contributed by atoms with E-state index >= 15 is 0 Å². The van der Waals surface area contributed by atoms with Crippen molar-refractivity contribution in [2.24, 2.45) is 11.3 Å². The molecule has 0 saturated carbocycles. The Kier molecular flexibility index (Phi) is 5.38. The minimum absolute atomic E-state index is 0.203. The molecular formula is C13H23ClN4O. The lowest BCUT2D eigenvalue weighted by Gasteiger charge is -2.33. The van der Waals surface area contributed by atoms with Crippen molar-refractivity contribution in [3.05, 3.63) is 11.5 Å². The standard InChI is InChI=1S/C13H23ClN4O/c1-8(2)10(19)13(3,4)6-16-12-9(15-5)11(14)17-7-18-12/h7-8,10,15,19H,6H2,1-5H3,(H,16,17,18). The van der Waals surface area contributed by atoms with Gasteiger partial charge in [-0.25, -0.2) is 9.97 Å². The molecule has 0 amide bonds. The molecule has 1 aromatic heterocycles. The zero-order valence-corrected chi connectivity index (χ0v) is 12.9. The van der Waals surface area contributed by atoms with Crippen molar-refractivity contribution in [2.45, 2.75) is 33.8 Å². The molecule has 1 unspecified atom stereocenters. The van der Waals surface area contributed by atoms with Crippen molar-refractivity contribution in [1.82, 2.24) is 9.97 Å². The first kappa shape index (κ1) is 16.0. The number of aliphatic hydroxyl groups is 1. The van der Waals surface area contributed by atoms with Gasteiger partial charge in [0.2, 0.25) is 0 Å². The lowest BCUT2D eigenvalue weighted by Crippen LogP contribution is -2.39. The summed E-state index contributed by atoms with van der Waals surface area (Å²) in [4.78, 5) is 8.09. The highest BCUT2D eigenvalue weighted by molar-refractivity contribution is 6.32. The third-order valence-electron chi connectivity index (χ3n) is 3.19. The molecule has 0 aliphatic rings. The summed E-state index contributed by atoms with van der Waals surface area (Å²) in [6.07, 6.45) is 1.02. The highest BCUT2D eigenvalue weighted by Crippen LogP contribution is 2.29.